The fourth-order valence-corrected chi connectivity index (χ4v) is 3.63. The van der Waals surface area contributed by atoms with Crippen molar-refractivity contribution in [1.82, 2.24) is 14.4 Å². The maximum atomic E-state index is 14.7. The van der Waals surface area contributed by atoms with Gasteiger partial charge in [-0.1, -0.05) is 0 Å². The van der Waals surface area contributed by atoms with Crippen LogP contribution in [0.25, 0.3) is 28.2 Å². The molecule has 33 heavy (non-hydrogen) atoms. The zero-order valence-electron chi connectivity index (χ0n) is 17.0. The molecule has 4 nitrogen and oxygen atoms in total. The Labute approximate surface area is 182 Å². The van der Waals surface area contributed by atoms with Crippen LogP contribution in [0.2, 0.25) is 0 Å². The zero-order chi connectivity index (χ0) is 24.3. The molecule has 172 valence electrons. The van der Waals surface area contributed by atoms with Gasteiger partial charge in [0.1, 0.15) is 17.4 Å². The highest BCUT2D eigenvalue weighted by Crippen LogP contribution is 2.45. The van der Waals surface area contributed by atoms with E-state index in [1.54, 1.807) is 13.8 Å². The van der Waals surface area contributed by atoms with Crippen LogP contribution in [0.5, 0.6) is 5.75 Å². The summed E-state index contributed by atoms with van der Waals surface area (Å²) in [6, 6.07) is 4.14. The lowest BCUT2D eigenvalue weighted by Gasteiger charge is -2.21. The average molecular weight is 469 g/mol. The first-order valence-corrected chi connectivity index (χ1v) is 9.40. The van der Waals surface area contributed by atoms with E-state index in [4.69, 9.17) is 0 Å². The summed E-state index contributed by atoms with van der Waals surface area (Å²) < 4.78 is 96.0. The minimum Gasteiger partial charge on any atom is -0.508 e. The molecule has 0 spiro atoms. The third-order valence-corrected chi connectivity index (χ3v) is 5.15. The highest BCUT2D eigenvalue weighted by Gasteiger charge is 2.60. The molecule has 0 aliphatic heterocycles. The number of nitrogens with zero attached hydrogens (tertiary/aromatic N) is 3. The molecule has 0 bridgehead atoms. The topological polar surface area (TPSA) is 50.4 Å². The number of phenols is 1. The summed E-state index contributed by atoms with van der Waals surface area (Å²) in [5, 5.41) is 9.62. The molecule has 0 amide bonds. The Morgan fingerprint density at radius 2 is 1.64 bits per heavy atom. The maximum absolute atomic E-state index is 14.7. The van der Waals surface area contributed by atoms with E-state index in [0.717, 1.165) is 12.1 Å². The van der Waals surface area contributed by atoms with Gasteiger partial charge in [-0.2, -0.15) is 22.0 Å². The van der Waals surface area contributed by atoms with Crippen LogP contribution >= 0.6 is 0 Å². The lowest BCUT2D eigenvalue weighted by Crippen LogP contribution is -2.34. The molecule has 0 radical (unpaired) electrons. The molecule has 0 atom stereocenters. The molecule has 0 fully saturated rings. The van der Waals surface area contributed by atoms with Gasteiger partial charge in [0.05, 0.1) is 28.8 Å². The van der Waals surface area contributed by atoms with Gasteiger partial charge < -0.3 is 5.11 Å². The molecule has 0 saturated heterocycles. The highest BCUT2D eigenvalue weighted by molar-refractivity contribution is 5.72. The second-order valence-corrected chi connectivity index (χ2v) is 7.43. The Balaban J connectivity index is 1.92. The zero-order valence-corrected chi connectivity index (χ0v) is 17.0. The smallest absolute Gasteiger partial charge is 0.458 e. The first-order valence-electron chi connectivity index (χ1n) is 9.40. The first-order chi connectivity index (χ1) is 15.3. The molecule has 0 saturated carbocycles. The molecule has 1 N–H and O–H groups in total. The summed E-state index contributed by atoms with van der Waals surface area (Å²) in [5.41, 5.74) is -0.729. The van der Waals surface area contributed by atoms with E-state index in [1.165, 1.54) is 22.9 Å². The van der Waals surface area contributed by atoms with E-state index in [0.29, 0.717) is 23.4 Å². The van der Waals surface area contributed by atoms with Gasteiger partial charge in [-0.3, -0.25) is 9.38 Å². The van der Waals surface area contributed by atoms with Crippen molar-refractivity contribution in [2.45, 2.75) is 25.9 Å². The van der Waals surface area contributed by atoms with Gasteiger partial charge in [0.2, 0.25) is 0 Å². The van der Waals surface area contributed by atoms with Crippen molar-refractivity contribution in [3.8, 4) is 28.3 Å². The second kappa shape index (κ2) is 7.46. The number of phenolic OH excluding ortho intramolecular Hbond substituents is 1. The molecule has 11 heteroatoms. The first kappa shape index (κ1) is 22.6. The third-order valence-electron chi connectivity index (χ3n) is 5.15. The van der Waals surface area contributed by atoms with Crippen LogP contribution < -0.4 is 0 Å². The van der Waals surface area contributed by atoms with Crippen LogP contribution in [0, 0.1) is 25.5 Å². The van der Waals surface area contributed by atoms with Crippen LogP contribution in [0.3, 0.4) is 0 Å². The van der Waals surface area contributed by atoms with Crippen molar-refractivity contribution < 1.29 is 35.8 Å². The fraction of sp³-hybridized carbons (Fsp3) is 0.182. The van der Waals surface area contributed by atoms with Gasteiger partial charge in [-0.05, 0) is 43.7 Å². The molecule has 2 heterocycles. The number of aromatic hydroxyl groups is 1. The van der Waals surface area contributed by atoms with Crippen molar-refractivity contribution in [1.29, 1.82) is 0 Å². The van der Waals surface area contributed by atoms with E-state index < -0.39 is 29.3 Å². The molecular formula is C22H14F7N3O. The van der Waals surface area contributed by atoms with Crippen LogP contribution in [0.1, 0.15) is 16.8 Å². The number of aromatic nitrogens is 3. The Morgan fingerprint density at radius 1 is 0.939 bits per heavy atom. The van der Waals surface area contributed by atoms with Gasteiger partial charge in [0.25, 0.3) is 0 Å². The fourth-order valence-electron chi connectivity index (χ4n) is 3.63. The van der Waals surface area contributed by atoms with Crippen LogP contribution in [-0.4, -0.2) is 25.7 Å². The van der Waals surface area contributed by atoms with Gasteiger partial charge >= 0.3 is 12.1 Å². The van der Waals surface area contributed by atoms with Crippen LogP contribution in [0.15, 0.2) is 42.7 Å². The van der Waals surface area contributed by atoms with E-state index >= 15 is 0 Å². The number of fused-ring (bicyclic) bond motifs is 1. The van der Waals surface area contributed by atoms with Crippen LogP contribution in [0.4, 0.5) is 30.7 Å². The summed E-state index contributed by atoms with van der Waals surface area (Å²) in [6.07, 6.45) is -3.49. The number of hydrogen-bond acceptors (Lipinski definition) is 3. The molecule has 0 unspecified atom stereocenters. The van der Waals surface area contributed by atoms with Crippen molar-refractivity contribution in [3.63, 3.8) is 0 Å². The van der Waals surface area contributed by atoms with Crippen molar-refractivity contribution in [2.75, 3.05) is 0 Å². The summed E-state index contributed by atoms with van der Waals surface area (Å²) in [7, 11) is 0. The molecule has 2 aromatic carbocycles. The maximum Gasteiger partial charge on any atom is 0.458 e. The number of halogens is 7. The summed E-state index contributed by atoms with van der Waals surface area (Å²) in [4.78, 5) is 8.31. The molecule has 0 aliphatic rings. The predicted molar refractivity (Wildman–Crippen MR) is 105 cm³/mol. The van der Waals surface area contributed by atoms with Gasteiger partial charge in [-0.25, -0.2) is 13.8 Å². The largest absolute Gasteiger partial charge is 0.508 e. The normalized spacial score (nSPS) is 12.5. The number of benzene rings is 2. The molecular weight excluding hydrogens is 455 g/mol. The minimum atomic E-state index is -5.99. The predicted octanol–water partition coefficient (Wildman–Crippen LogP) is 6.32. The molecule has 4 aromatic rings. The SMILES string of the molecule is Cc1cc(O)cc(F)c1-c1c(C)nc2cnc(-c3ccc(F)c(C(F)(F)C(F)(F)F)c3)cn12. The number of hydrogen-bond donors (Lipinski definition) is 1. The average Bonchev–Trinajstić information content (AvgIpc) is 3.02. The highest BCUT2D eigenvalue weighted by atomic mass is 19.4. The molecule has 0 aliphatic carbocycles. The monoisotopic (exact) mass is 469 g/mol. The Hall–Kier alpha value is -3.63. The number of rotatable bonds is 3. The third kappa shape index (κ3) is 3.66. The quantitative estimate of drug-likeness (QED) is 0.358. The number of imidazole rings is 1. The minimum absolute atomic E-state index is 0.0720. The van der Waals surface area contributed by atoms with Crippen molar-refractivity contribution >= 4 is 5.65 Å². The van der Waals surface area contributed by atoms with E-state index in [-0.39, 0.29) is 33.9 Å². The molecule has 2 aromatic heterocycles. The van der Waals surface area contributed by atoms with E-state index in [2.05, 4.69) is 9.97 Å². The number of alkyl halides is 5. The lowest BCUT2D eigenvalue weighted by atomic mass is 10.0. The Bertz CT molecular complexity index is 1370. The van der Waals surface area contributed by atoms with Gasteiger partial charge in [0.15, 0.2) is 5.65 Å². The molecule has 4 rings (SSSR count). The van der Waals surface area contributed by atoms with Crippen molar-refractivity contribution in [2.24, 2.45) is 0 Å². The van der Waals surface area contributed by atoms with E-state index in [9.17, 15) is 35.8 Å². The summed E-state index contributed by atoms with van der Waals surface area (Å²) in [5.74, 6) is -8.17. The summed E-state index contributed by atoms with van der Waals surface area (Å²) >= 11 is 0. The van der Waals surface area contributed by atoms with Gasteiger partial charge in [-0.15, -0.1) is 0 Å². The van der Waals surface area contributed by atoms with Crippen LogP contribution in [-0.2, 0) is 5.92 Å². The second-order valence-electron chi connectivity index (χ2n) is 7.43. The Morgan fingerprint density at radius 3 is 2.27 bits per heavy atom. The Kier molecular flexibility index (Phi) is 5.10. The van der Waals surface area contributed by atoms with E-state index in [1.807, 2.05) is 0 Å². The summed E-state index contributed by atoms with van der Waals surface area (Å²) in [6.45, 7) is 3.15. The lowest BCUT2D eigenvalue weighted by molar-refractivity contribution is -0.290. The number of aryl methyl sites for hydroxylation is 2. The van der Waals surface area contributed by atoms with Crippen molar-refractivity contribution in [3.05, 3.63) is 71.2 Å². The standard InChI is InChI=1S/C22H14F7N3O/c1-10-5-13(33)7-16(24)19(10)20-11(2)31-18-8-30-17(9-32(18)20)12-3-4-15(23)14(6-12)21(25,26)22(27,28)29/h3-9,33H,1-2H3. The van der Waals surface area contributed by atoms with Gasteiger partial charge in [0, 0.05) is 23.4 Å².